The van der Waals surface area contributed by atoms with Gasteiger partial charge in [-0.05, 0) is 44.2 Å². The van der Waals surface area contributed by atoms with Gasteiger partial charge in [-0.3, -0.25) is 4.90 Å². The van der Waals surface area contributed by atoms with E-state index in [0.29, 0.717) is 44.0 Å². The van der Waals surface area contributed by atoms with E-state index in [-0.39, 0.29) is 11.7 Å². The van der Waals surface area contributed by atoms with Crippen molar-refractivity contribution in [3.8, 4) is 5.69 Å². The van der Waals surface area contributed by atoms with E-state index in [1.165, 1.54) is 12.4 Å². The van der Waals surface area contributed by atoms with Gasteiger partial charge in [0, 0.05) is 62.8 Å². The van der Waals surface area contributed by atoms with Gasteiger partial charge < -0.3 is 25.4 Å². The van der Waals surface area contributed by atoms with Crippen LogP contribution in [-0.4, -0.2) is 77.9 Å². The molecule has 4 aromatic rings. The van der Waals surface area contributed by atoms with Gasteiger partial charge in [0.05, 0.1) is 17.2 Å². The minimum absolute atomic E-state index is 0.0601. The molecule has 0 saturated carbocycles. The summed E-state index contributed by atoms with van der Waals surface area (Å²) in [4.78, 5) is 13.1. The fourth-order valence-electron chi connectivity index (χ4n) is 5.10. The van der Waals surface area contributed by atoms with Gasteiger partial charge in [0.1, 0.15) is 29.8 Å². The highest BCUT2D eigenvalue weighted by Gasteiger charge is 2.29. The number of aliphatic hydroxyl groups is 2. The Morgan fingerprint density at radius 2 is 2.11 bits per heavy atom. The number of anilines is 1. The molecule has 1 unspecified atom stereocenters. The lowest BCUT2D eigenvalue weighted by Crippen LogP contribution is -2.48. The first-order chi connectivity index (χ1) is 17.9. The van der Waals surface area contributed by atoms with Gasteiger partial charge >= 0.3 is 0 Å². The van der Waals surface area contributed by atoms with Gasteiger partial charge in [-0.25, -0.2) is 19.0 Å². The molecule has 1 aromatic carbocycles. The van der Waals surface area contributed by atoms with Crippen LogP contribution in [-0.2, 0) is 13.1 Å². The predicted molar refractivity (Wildman–Crippen MR) is 139 cm³/mol. The largest absolute Gasteiger partial charge is 0.391 e. The van der Waals surface area contributed by atoms with E-state index in [9.17, 15) is 10.2 Å². The number of nitrogens with two attached hydrogens (primary N) is 1. The summed E-state index contributed by atoms with van der Waals surface area (Å²) in [5.41, 5.74) is 7.52. The molecular formula is C26H33FN8O2. The number of fused-ring (bicyclic) bond motifs is 1. The molecule has 1 aliphatic rings. The second-order valence-electron chi connectivity index (χ2n) is 9.59. The molecule has 1 aliphatic heterocycles. The number of nitrogens with zero attached hydrogens (tertiary/aromatic N) is 7. The fourth-order valence-corrected chi connectivity index (χ4v) is 5.10. The zero-order chi connectivity index (χ0) is 25.9. The maximum atomic E-state index is 15.0. The molecule has 1 saturated heterocycles. The third-order valence-electron chi connectivity index (χ3n) is 7.07. The Kier molecular flexibility index (Phi) is 7.47. The number of halogens is 1. The molecule has 11 heteroatoms. The van der Waals surface area contributed by atoms with Crippen LogP contribution in [0.4, 0.5) is 10.2 Å². The second kappa shape index (κ2) is 10.9. The minimum atomic E-state index is -0.906. The smallest absolute Gasteiger partial charge is 0.145 e. The maximum absolute atomic E-state index is 15.0. The van der Waals surface area contributed by atoms with Gasteiger partial charge in [-0.1, -0.05) is 6.07 Å². The molecule has 37 heavy (non-hydrogen) atoms. The molecule has 196 valence electrons. The Morgan fingerprint density at radius 1 is 1.24 bits per heavy atom. The van der Waals surface area contributed by atoms with Crippen molar-refractivity contribution < 1.29 is 14.6 Å². The summed E-state index contributed by atoms with van der Waals surface area (Å²) >= 11 is 0. The molecule has 0 amide bonds. The molecule has 0 aliphatic carbocycles. The van der Waals surface area contributed by atoms with Crippen LogP contribution < -0.4 is 10.6 Å². The van der Waals surface area contributed by atoms with Gasteiger partial charge in [0.15, 0.2) is 0 Å². The molecule has 0 radical (unpaired) electrons. The summed E-state index contributed by atoms with van der Waals surface area (Å²) in [6.45, 7) is 5.24. The van der Waals surface area contributed by atoms with E-state index in [4.69, 9.17) is 5.73 Å². The van der Waals surface area contributed by atoms with Gasteiger partial charge in [-0.15, -0.1) is 0 Å². The van der Waals surface area contributed by atoms with Crippen LogP contribution >= 0.6 is 0 Å². The number of rotatable bonds is 9. The highest BCUT2D eigenvalue weighted by Crippen LogP contribution is 2.28. The zero-order valence-corrected chi connectivity index (χ0v) is 20.9. The van der Waals surface area contributed by atoms with Crippen molar-refractivity contribution in [2.75, 3.05) is 31.1 Å². The first kappa shape index (κ1) is 25.3. The quantitative estimate of drug-likeness (QED) is 0.293. The Morgan fingerprint density at radius 3 is 2.81 bits per heavy atom. The summed E-state index contributed by atoms with van der Waals surface area (Å²) < 4.78 is 18.7. The lowest BCUT2D eigenvalue weighted by Gasteiger charge is -2.36. The van der Waals surface area contributed by atoms with E-state index in [1.54, 1.807) is 29.2 Å². The van der Waals surface area contributed by atoms with Crippen LogP contribution in [0, 0.1) is 11.7 Å². The van der Waals surface area contributed by atoms with E-state index in [1.807, 2.05) is 35.1 Å². The van der Waals surface area contributed by atoms with Crippen molar-refractivity contribution in [2.24, 2.45) is 11.7 Å². The molecule has 4 heterocycles. The molecule has 3 atom stereocenters. The van der Waals surface area contributed by atoms with Gasteiger partial charge in [0.25, 0.3) is 0 Å². The fraction of sp³-hybridized carbons (Fsp3) is 0.423. The van der Waals surface area contributed by atoms with Crippen LogP contribution in [0.1, 0.15) is 18.9 Å². The standard InChI is InChI=1S/C26H33FN8O2/c1-2-33(13-18-4-5-20(12-22(18)27)35-9-3-8-31-35)25-21-7-11-34(26(21)30-17-29-25)14-19-6-10-32(15-23(19)36)16-24(28)37/h3-5,7-9,11-12,17,19,23-24,36-37H,2,6,10,13-16,28H2,1H3/t19-,23+,24?/m0/s1. The molecular weight excluding hydrogens is 475 g/mol. The Hall–Kier alpha value is -3.38. The molecule has 10 nitrogen and oxygen atoms in total. The number of β-amino-alcohol motifs (C(OH)–C–C–N with tert-alkyl or cyclic N) is 2. The summed E-state index contributed by atoms with van der Waals surface area (Å²) in [6.07, 6.45) is 6.31. The van der Waals surface area contributed by atoms with Crippen LogP contribution in [0.15, 0.2) is 55.2 Å². The minimum Gasteiger partial charge on any atom is -0.391 e. The first-order valence-electron chi connectivity index (χ1n) is 12.6. The highest BCUT2D eigenvalue weighted by atomic mass is 19.1. The van der Waals surface area contributed by atoms with Crippen molar-refractivity contribution in [1.29, 1.82) is 0 Å². The number of aliphatic hydroxyl groups excluding tert-OH is 2. The van der Waals surface area contributed by atoms with Gasteiger partial charge in [-0.2, -0.15) is 5.10 Å². The molecule has 0 bridgehead atoms. The normalized spacial score (nSPS) is 19.4. The Bertz CT molecular complexity index is 1330. The third-order valence-corrected chi connectivity index (χ3v) is 7.07. The Labute approximate surface area is 214 Å². The van der Waals surface area contributed by atoms with Crippen molar-refractivity contribution in [2.45, 2.75) is 38.8 Å². The summed E-state index contributed by atoms with van der Waals surface area (Å²) in [5, 5.41) is 25.2. The average molecular weight is 509 g/mol. The van der Waals surface area contributed by atoms with E-state index in [2.05, 4.69) is 19.6 Å². The lowest BCUT2D eigenvalue weighted by atomic mass is 9.93. The zero-order valence-electron chi connectivity index (χ0n) is 20.9. The van der Waals surface area contributed by atoms with Crippen molar-refractivity contribution in [3.63, 3.8) is 0 Å². The highest BCUT2D eigenvalue weighted by molar-refractivity contribution is 5.87. The summed E-state index contributed by atoms with van der Waals surface area (Å²) in [7, 11) is 0. The SMILES string of the molecule is CCN(Cc1ccc(-n2cccn2)cc1F)c1ncnc2c1ccn2C[C@@H]1CCN(CC(N)O)C[C@H]1O. The summed E-state index contributed by atoms with van der Waals surface area (Å²) in [5.74, 6) is 0.510. The number of hydrogen-bond donors (Lipinski definition) is 3. The molecule has 4 N–H and O–H groups in total. The number of benzene rings is 1. The number of piperidine rings is 1. The number of hydrogen-bond acceptors (Lipinski definition) is 8. The third kappa shape index (κ3) is 5.49. The average Bonchev–Trinajstić information content (AvgIpc) is 3.55. The van der Waals surface area contributed by atoms with Gasteiger partial charge in [0.2, 0.25) is 0 Å². The summed E-state index contributed by atoms with van der Waals surface area (Å²) in [6, 6.07) is 8.92. The maximum Gasteiger partial charge on any atom is 0.145 e. The van der Waals surface area contributed by atoms with E-state index in [0.717, 1.165) is 29.8 Å². The van der Waals surface area contributed by atoms with Crippen molar-refractivity contribution in [1.82, 2.24) is 29.2 Å². The number of aromatic nitrogens is 5. The van der Waals surface area contributed by atoms with Crippen molar-refractivity contribution in [3.05, 3.63) is 66.6 Å². The van der Waals surface area contributed by atoms with Crippen molar-refractivity contribution >= 4 is 16.9 Å². The topological polar surface area (TPSA) is 121 Å². The van der Waals surface area contributed by atoms with Crippen LogP contribution in [0.25, 0.3) is 16.7 Å². The molecule has 0 spiro atoms. The Balaban J connectivity index is 1.33. The second-order valence-corrected chi connectivity index (χ2v) is 9.59. The number of likely N-dealkylation sites (tertiary alicyclic amines) is 1. The predicted octanol–water partition coefficient (Wildman–Crippen LogP) is 1.74. The first-order valence-corrected chi connectivity index (χ1v) is 12.6. The van der Waals surface area contributed by atoms with Crippen LogP contribution in [0.2, 0.25) is 0 Å². The monoisotopic (exact) mass is 508 g/mol. The van der Waals surface area contributed by atoms with E-state index >= 15 is 4.39 Å². The van der Waals surface area contributed by atoms with E-state index < -0.39 is 12.3 Å². The molecule has 1 fully saturated rings. The molecule has 3 aromatic heterocycles. The lowest BCUT2D eigenvalue weighted by molar-refractivity contribution is -0.000911. The van der Waals surface area contributed by atoms with Crippen LogP contribution in [0.3, 0.4) is 0 Å². The molecule has 5 rings (SSSR count). The van der Waals surface area contributed by atoms with Crippen LogP contribution in [0.5, 0.6) is 0 Å².